The van der Waals surface area contributed by atoms with Crippen molar-refractivity contribution in [3.05, 3.63) is 77.9 Å². The second kappa shape index (κ2) is 7.20. The van der Waals surface area contributed by atoms with Crippen molar-refractivity contribution in [2.24, 2.45) is 0 Å². The molecule has 2 aromatic carbocycles. The van der Waals surface area contributed by atoms with E-state index in [0.29, 0.717) is 30.2 Å². The topological polar surface area (TPSA) is 81.1 Å². The van der Waals surface area contributed by atoms with Gasteiger partial charge in [-0.3, -0.25) is 4.57 Å². The third-order valence-corrected chi connectivity index (χ3v) is 4.86. The van der Waals surface area contributed by atoms with E-state index < -0.39 is 17.7 Å². The van der Waals surface area contributed by atoms with E-state index in [4.69, 9.17) is 4.74 Å². The predicted molar refractivity (Wildman–Crippen MR) is 105 cm³/mol. The van der Waals surface area contributed by atoms with Gasteiger partial charge in [-0.2, -0.15) is 0 Å². The largest absolute Gasteiger partial charge is 0.439 e. The monoisotopic (exact) mass is 407 g/mol. The summed E-state index contributed by atoms with van der Waals surface area (Å²) in [5, 5.41) is 6.54. The Morgan fingerprint density at radius 1 is 1.07 bits per heavy atom. The Kier molecular flexibility index (Phi) is 4.36. The van der Waals surface area contributed by atoms with Gasteiger partial charge in [0.05, 0.1) is 16.8 Å². The Hall–Kier alpha value is -3.85. The van der Waals surface area contributed by atoms with E-state index in [0.717, 1.165) is 28.8 Å². The molecular formula is C21H15F2N5O2. The van der Waals surface area contributed by atoms with Crippen LogP contribution in [0.5, 0.6) is 11.6 Å². The third-order valence-electron chi connectivity index (χ3n) is 4.86. The van der Waals surface area contributed by atoms with Gasteiger partial charge in [-0.15, -0.1) is 0 Å². The van der Waals surface area contributed by atoms with Crippen molar-refractivity contribution >= 4 is 22.6 Å². The van der Waals surface area contributed by atoms with Crippen LogP contribution in [0.3, 0.4) is 0 Å². The molecule has 0 spiro atoms. The summed E-state index contributed by atoms with van der Waals surface area (Å²) in [4.78, 5) is 21.0. The molecule has 7 nitrogen and oxygen atoms in total. The average Bonchev–Trinajstić information content (AvgIpc) is 3.38. The van der Waals surface area contributed by atoms with Crippen molar-refractivity contribution in [1.29, 1.82) is 0 Å². The zero-order valence-corrected chi connectivity index (χ0v) is 15.5. The molecule has 1 aliphatic rings. The zero-order chi connectivity index (χ0) is 20.7. The fraction of sp³-hybridized carbons (Fsp3) is 0.0952. The van der Waals surface area contributed by atoms with E-state index in [-0.39, 0.29) is 5.69 Å². The molecular weight excluding hydrogens is 392 g/mol. The van der Waals surface area contributed by atoms with Gasteiger partial charge in [0.25, 0.3) is 0 Å². The molecule has 2 N–H and O–H groups in total. The number of carbonyl (C=O) groups is 1. The first-order valence-electron chi connectivity index (χ1n) is 9.17. The van der Waals surface area contributed by atoms with Gasteiger partial charge in [0.1, 0.15) is 12.1 Å². The molecule has 3 heterocycles. The van der Waals surface area contributed by atoms with Gasteiger partial charge in [-0.25, -0.2) is 23.5 Å². The number of amides is 1. The number of nitrogens with zero attached hydrogens (tertiary/aromatic N) is 3. The molecule has 0 bridgehead atoms. The Morgan fingerprint density at radius 2 is 1.97 bits per heavy atom. The van der Waals surface area contributed by atoms with Crippen LogP contribution in [-0.4, -0.2) is 20.6 Å². The van der Waals surface area contributed by atoms with Crippen LogP contribution in [-0.2, 0) is 13.1 Å². The van der Waals surface area contributed by atoms with Crippen molar-refractivity contribution in [3.63, 3.8) is 0 Å². The lowest BCUT2D eigenvalue weighted by Crippen LogP contribution is -2.18. The molecule has 0 unspecified atom stereocenters. The molecule has 0 aliphatic carbocycles. The van der Waals surface area contributed by atoms with Gasteiger partial charge in [0, 0.05) is 36.4 Å². The van der Waals surface area contributed by atoms with E-state index in [9.17, 15) is 13.6 Å². The lowest BCUT2D eigenvalue weighted by atomic mass is 10.2. The summed E-state index contributed by atoms with van der Waals surface area (Å²) in [7, 11) is 0. The summed E-state index contributed by atoms with van der Waals surface area (Å²) < 4.78 is 33.8. The van der Waals surface area contributed by atoms with Crippen molar-refractivity contribution in [3.8, 4) is 11.6 Å². The van der Waals surface area contributed by atoms with Gasteiger partial charge in [0.2, 0.25) is 5.88 Å². The lowest BCUT2D eigenvalue weighted by Gasteiger charge is -2.10. The molecule has 30 heavy (non-hydrogen) atoms. The van der Waals surface area contributed by atoms with E-state index in [1.54, 1.807) is 30.5 Å². The first-order valence-corrected chi connectivity index (χ1v) is 9.17. The van der Waals surface area contributed by atoms with Crippen LogP contribution in [0.1, 0.15) is 11.3 Å². The molecule has 5 rings (SSSR count). The Morgan fingerprint density at radius 3 is 2.83 bits per heavy atom. The molecule has 0 saturated carbocycles. The number of nitrogens with one attached hydrogen (secondary N) is 2. The molecule has 150 valence electrons. The van der Waals surface area contributed by atoms with E-state index in [1.165, 1.54) is 17.0 Å². The van der Waals surface area contributed by atoms with Crippen molar-refractivity contribution in [2.75, 3.05) is 5.32 Å². The minimum atomic E-state index is -1.03. The van der Waals surface area contributed by atoms with Gasteiger partial charge in [-0.1, -0.05) is 0 Å². The fourth-order valence-electron chi connectivity index (χ4n) is 3.38. The zero-order valence-electron chi connectivity index (χ0n) is 15.5. The quantitative estimate of drug-likeness (QED) is 0.532. The van der Waals surface area contributed by atoms with Gasteiger partial charge in [-0.05, 0) is 36.4 Å². The van der Waals surface area contributed by atoms with Crippen LogP contribution in [0.25, 0.3) is 10.9 Å². The SMILES string of the molecule is O=C(Nc1ccc(F)c(F)c1)n1ccc2cc(Oc3ncnc4c3CNC4)ccc21. The highest BCUT2D eigenvalue weighted by Crippen LogP contribution is 2.29. The maximum absolute atomic E-state index is 13.4. The Labute approximate surface area is 169 Å². The number of hydrogen-bond acceptors (Lipinski definition) is 5. The van der Waals surface area contributed by atoms with Crippen molar-refractivity contribution in [1.82, 2.24) is 19.9 Å². The highest BCUT2D eigenvalue weighted by Gasteiger charge is 2.18. The predicted octanol–water partition coefficient (Wildman–Crippen LogP) is 4.19. The first kappa shape index (κ1) is 18.2. The molecule has 0 radical (unpaired) electrons. The number of aromatic nitrogens is 3. The second-order valence-corrected chi connectivity index (χ2v) is 6.78. The molecule has 4 aromatic rings. The van der Waals surface area contributed by atoms with Crippen LogP contribution in [0.2, 0.25) is 0 Å². The molecule has 0 atom stereocenters. The number of rotatable bonds is 3. The number of ether oxygens (including phenoxy) is 1. The van der Waals surface area contributed by atoms with Gasteiger partial charge in [0.15, 0.2) is 11.6 Å². The highest BCUT2D eigenvalue weighted by atomic mass is 19.2. The highest BCUT2D eigenvalue weighted by molar-refractivity contribution is 5.98. The van der Waals surface area contributed by atoms with Crippen LogP contribution in [0.4, 0.5) is 19.3 Å². The van der Waals surface area contributed by atoms with Crippen molar-refractivity contribution in [2.45, 2.75) is 13.1 Å². The molecule has 0 fully saturated rings. The summed E-state index contributed by atoms with van der Waals surface area (Å²) in [6.07, 6.45) is 3.06. The van der Waals surface area contributed by atoms with Gasteiger partial charge < -0.3 is 15.4 Å². The summed E-state index contributed by atoms with van der Waals surface area (Å²) in [5.41, 5.74) is 2.64. The molecule has 1 aliphatic heterocycles. The van der Waals surface area contributed by atoms with E-state index in [1.807, 2.05) is 0 Å². The molecule has 1 amide bonds. The van der Waals surface area contributed by atoms with Crippen LogP contribution in [0.15, 0.2) is 55.0 Å². The van der Waals surface area contributed by atoms with Crippen LogP contribution < -0.4 is 15.4 Å². The first-order chi connectivity index (χ1) is 14.6. The minimum absolute atomic E-state index is 0.159. The standard InChI is InChI=1S/C21H15F2N5O2/c22-16-3-1-13(8-17(16)23)27-21(29)28-6-5-12-7-14(2-4-19(12)28)30-20-15-9-24-10-18(15)25-11-26-20/h1-8,11,24H,9-10H2,(H,27,29). The summed E-state index contributed by atoms with van der Waals surface area (Å²) in [6.45, 7) is 1.33. The van der Waals surface area contributed by atoms with E-state index in [2.05, 4.69) is 20.6 Å². The summed E-state index contributed by atoms with van der Waals surface area (Å²) in [5.74, 6) is -0.927. The number of anilines is 1. The smallest absolute Gasteiger partial charge is 0.330 e. The molecule has 9 heteroatoms. The Bertz CT molecular complexity index is 1290. The summed E-state index contributed by atoms with van der Waals surface area (Å²) >= 11 is 0. The lowest BCUT2D eigenvalue weighted by molar-refractivity contribution is 0.254. The third kappa shape index (κ3) is 3.25. The minimum Gasteiger partial charge on any atom is -0.439 e. The number of carbonyl (C=O) groups excluding carboxylic acids is 1. The Balaban J connectivity index is 1.39. The summed E-state index contributed by atoms with van der Waals surface area (Å²) in [6, 6.07) is 9.73. The van der Waals surface area contributed by atoms with Gasteiger partial charge >= 0.3 is 6.03 Å². The fourth-order valence-corrected chi connectivity index (χ4v) is 3.38. The number of hydrogen-bond donors (Lipinski definition) is 2. The second-order valence-electron chi connectivity index (χ2n) is 6.78. The number of benzene rings is 2. The molecule has 0 saturated heterocycles. The number of fused-ring (bicyclic) bond motifs is 2. The molecule has 2 aromatic heterocycles. The van der Waals surface area contributed by atoms with Crippen LogP contribution >= 0.6 is 0 Å². The maximum Gasteiger partial charge on any atom is 0.330 e. The number of halogens is 2. The normalized spacial score (nSPS) is 12.7. The average molecular weight is 407 g/mol. The van der Waals surface area contributed by atoms with E-state index >= 15 is 0 Å². The van der Waals surface area contributed by atoms with Crippen molar-refractivity contribution < 1.29 is 18.3 Å². The van der Waals surface area contributed by atoms with Crippen LogP contribution in [0, 0.1) is 11.6 Å². The maximum atomic E-state index is 13.4.